The van der Waals surface area contributed by atoms with Gasteiger partial charge in [-0.25, -0.2) is 0 Å². The molecule has 3 rings (SSSR count). The van der Waals surface area contributed by atoms with Crippen LogP contribution in [0.1, 0.15) is 46.2 Å². The van der Waals surface area contributed by atoms with Crippen LogP contribution in [0.3, 0.4) is 0 Å². The van der Waals surface area contributed by atoms with Crippen molar-refractivity contribution in [2.75, 3.05) is 25.0 Å². The number of carbonyl (C=O) groups is 3. The largest absolute Gasteiger partial charge is 0.467 e. The third kappa shape index (κ3) is 5.61. The van der Waals surface area contributed by atoms with Crippen LogP contribution in [0.25, 0.3) is 0 Å². The van der Waals surface area contributed by atoms with Crippen LogP contribution in [0.2, 0.25) is 0 Å². The fourth-order valence-electron chi connectivity index (χ4n) is 3.27. The molecule has 2 heterocycles. The molecule has 1 aliphatic heterocycles. The first-order valence-corrected chi connectivity index (χ1v) is 9.66. The number of esters is 1. The summed E-state index contributed by atoms with van der Waals surface area (Å²) < 4.78 is 10.2. The zero-order valence-electron chi connectivity index (χ0n) is 16.8. The predicted octanol–water partition coefficient (Wildman–Crippen LogP) is 2.83. The Morgan fingerprint density at radius 1 is 1.17 bits per heavy atom. The number of amides is 2. The van der Waals surface area contributed by atoms with Crippen molar-refractivity contribution in [3.05, 3.63) is 53.5 Å². The monoisotopic (exact) mass is 435 g/mol. The Labute approximate surface area is 181 Å². The highest BCUT2D eigenvalue weighted by molar-refractivity contribution is 6.04. The average molecular weight is 436 g/mol. The lowest BCUT2D eigenvalue weighted by Gasteiger charge is -2.31. The zero-order valence-corrected chi connectivity index (χ0v) is 17.6. The molecule has 0 radical (unpaired) electrons. The number of piperidine rings is 1. The summed E-state index contributed by atoms with van der Waals surface area (Å²) in [5.41, 5.74) is 6.96. The van der Waals surface area contributed by atoms with E-state index >= 15 is 0 Å². The number of carbonyl (C=O) groups excluding carboxylic acids is 3. The number of nitrogens with zero attached hydrogens (tertiary/aromatic N) is 1. The van der Waals surface area contributed by atoms with Gasteiger partial charge in [-0.05, 0) is 50.1 Å². The van der Waals surface area contributed by atoms with Crippen LogP contribution in [-0.4, -0.2) is 42.4 Å². The molecule has 1 aromatic heterocycles. The van der Waals surface area contributed by atoms with E-state index in [1.54, 1.807) is 42.2 Å². The minimum absolute atomic E-state index is 0. The van der Waals surface area contributed by atoms with Crippen molar-refractivity contribution in [3.8, 4) is 0 Å². The van der Waals surface area contributed by atoms with Crippen LogP contribution >= 0.6 is 12.4 Å². The van der Waals surface area contributed by atoms with Crippen LogP contribution in [0.4, 0.5) is 5.69 Å². The molecule has 1 aromatic carbocycles. The molecule has 0 atom stereocenters. The summed E-state index contributed by atoms with van der Waals surface area (Å²) in [6.07, 6.45) is 2.57. The van der Waals surface area contributed by atoms with Crippen LogP contribution < -0.4 is 11.1 Å². The minimum atomic E-state index is -0.312. The maximum atomic E-state index is 12.7. The second kappa shape index (κ2) is 10.8. The molecule has 0 bridgehead atoms. The summed E-state index contributed by atoms with van der Waals surface area (Å²) in [5.74, 6) is -0.195. The molecule has 3 N–H and O–H groups in total. The lowest BCUT2D eigenvalue weighted by atomic mass is 9.96. The fourth-order valence-corrected chi connectivity index (χ4v) is 3.27. The number of furan rings is 1. The highest BCUT2D eigenvalue weighted by Gasteiger charge is 2.28. The van der Waals surface area contributed by atoms with Gasteiger partial charge < -0.3 is 25.1 Å². The fraction of sp³-hybridized carbons (Fsp3) is 0.381. The van der Waals surface area contributed by atoms with E-state index in [1.807, 2.05) is 0 Å². The summed E-state index contributed by atoms with van der Waals surface area (Å²) in [7, 11) is 0. The van der Waals surface area contributed by atoms with Gasteiger partial charge in [0, 0.05) is 24.3 Å². The standard InChI is InChI=1S/C21H25N3O5.ClH/c1-2-28-21(27)15-7-9-24(10-8-15)20(26)14-3-5-17(6-4-14)23-19(25)16-11-18(12-22)29-13-16;/h3-6,11,13,15H,2,7-10,12,22H2,1H3,(H,23,25);1H. The first-order valence-electron chi connectivity index (χ1n) is 9.66. The molecule has 2 amide bonds. The maximum Gasteiger partial charge on any atom is 0.309 e. The normalized spacial score (nSPS) is 14.0. The highest BCUT2D eigenvalue weighted by Crippen LogP contribution is 2.21. The lowest BCUT2D eigenvalue weighted by Crippen LogP contribution is -2.40. The van der Waals surface area contributed by atoms with E-state index in [-0.39, 0.29) is 42.7 Å². The summed E-state index contributed by atoms with van der Waals surface area (Å²) in [6, 6.07) is 8.31. The van der Waals surface area contributed by atoms with Crippen LogP contribution in [0.5, 0.6) is 0 Å². The first-order chi connectivity index (χ1) is 14.0. The van der Waals surface area contributed by atoms with Gasteiger partial charge in [-0.15, -0.1) is 12.4 Å². The van der Waals surface area contributed by atoms with E-state index in [0.29, 0.717) is 55.1 Å². The third-order valence-electron chi connectivity index (χ3n) is 4.91. The van der Waals surface area contributed by atoms with E-state index in [9.17, 15) is 14.4 Å². The molecule has 30 heavy (non-hydrogen) atoms. The minimum Gasteiger partial charge on any atom is -0.467 e. The molecule has 2 aromatic rings. The van der Waals surface area contributed by atoms with E-state index in [4.69, 9.17) is 14.9 Å². The van der Waals surface area contributed by atoms with Gasteiger partial charge in [0.1, 0.15) is 12.0 Å². The highest BCUT2D eigenvalue weighted by atomic mass is 35.5. The van der Waals surface area contributed by atoms with Gasteiger partial charge in [-0.2, -0.15) is 0 Å². The van der Waals surface area contributed by atoms with E-state index < -0.39 is 0 Å². The van der Waals surface area contributed by atoms with Gasteiger partial charge in [0.25, 0.3) is 11.8 Å². The molecule has 162 valence electrons. The Kier molecular flexibility index (Phi) is 8.44. The number of nitrogens with two attached hydrogens (primary N) is 1. The third-order valence-corrected chi connectivity index (χ3v) is 4.91. The average Bonchev–Trinajstić information content (AvgIpc) is 3.24. The van der Waals surface area contributed by atoms with E-state index in [1.165, 1.54) is 6.26 Å². The molecule has 0 unspecified atom stereocenters. The first kappa shape index (κ1) is 23.4. The summed E-state index contributed by atoms with van der Waals surface area (Å²) >= 11 is 0. The number of anilines is 1. The molecule has 1 aliphatic rings. The van der Waals surface area contributed by atoms with Crippen molar-refractivity contribution >= 4 is 35.9 Å². The number of ether oxygens (including phenoxy) is 1. The Hall–Kier alpha value is -2.84. The molecule has 0 saturated carbocycles. The van der Waals surface area contributed by atoms with Gasteiger partial charge in [0.05, 0.1) is 24.6 Å². The smallest absolute Gasteiger partial charge is 0.309 e. The number of likely N-dealkylation sites (tertiary alicyclic amines) is 1. The Morgan fingerprint density at radius 3 is 2.40 bits per heavy atom. The number of hydrogen-bond acceptors (Lipinski definition) is 6. The quantitative estimate of drug-likeness (QED) is 0.674. The molecule has 1 saturated heterocycles. The zero-order chi connectivity index (χ0) is 20.8. The molecule has 0 spiro atoms. The summed E-state index contributed by atoms with van der Waals surface area (Å²) in [4.78, 5) is 38.5. The van der Waals surface area contributed by atoms with Crippen molar-refractivity contribution in [3.63, 3.8) is 0 Å². The Bertz CT molecular complexity index is 873. The number of halogens is 1. The Morgan fingerprint density at radius 2 is 1.83 bits per heavy atom. The summed E-state index contributed by atoms with van der Waals surface area (Å²) in [6.45, 7) is 3.42. The van der Waals surface area contributed by atoms with Crippen molar-refractivity contribution in [1.29, 1.82) is 0 Å². The van der Waals surface area contributed by atoms with Gasteiger partial charge in [-0.3, -0.25) is 14.4 Å². The van der Waals surface area contributed by atoms with E-state index in [2.05, 4.69) is 5.32 Å². The summed E-state index contributed by atoms with van der Waals surface area (Å²) in [5, 5.41) is 2.76. The number of nitrogens with one attached hydrogen (secondary N) is 1. The molecular weight excluding hydrogens is 410 g/mol. The van der Waals surface area contributed by atoms with Crippen LogP contribution in [0, 0.1) is 5.92 Å². The van der Waals surface area contributed by atoms with Gasteiger partial charge in [0.2, 0.25) is 0 Å². The molecular formula is C21H26ClN3O5. The number of benzene rings is 1. The molecule has 1 fully saturated rings. The second-order valence-corrected chi connectivity index (χ2v) is 6.86. The van der Waals surface area contributed by atoms with Crippen molar-refractivity contribution in [1.82, 2.24) is 4.90 Å². The predicted molar refractivity (Wildman–Crippen MR) is 114 cm³/mol. The topological polar surface area (TPSA) is 115 Å². The molecule has 0 aliphatic carbocycles. The van der Waals surface area contributed by atoms with Crippen molar-refractivity contribution < 1.29 is 23.5 Å². The van der Waals surface area contributed by atoms with Crippen LogP contribution in [-0.2, 0) is 16.1 Å². The maximum absolute atomic E-state index is 12.7. The van der Waals surface area contributed by atoms with Gasteiger partial charge >= 0.3 is 5.97 Å². The Balaban J connectivity index is 0.00000320. The SMILES string of the molecule is CCOC(=O)C1CCN(C(=O)c2ccc(NC(=O)c3coc(CN)c3)cc2)CC1.Cl. The van der Waals surface area contributed by atoms with Gasteiger partial charge in [0.15, 0.2) is 0 Å². The second-order valence-electron chi connectivity index (χ2n) is 6.86. The van der Waals surface area contributed by atoms with E-state index in [0.717, 1.165) is 0 Å². The molecule has 8 nitrogen and oxygen atoms in total. The number of hydrogen-bond donors (Lipinski definition) is 2. The lowest BCUT2D eigenvalue weighted by molar-refractivity contribution is -0.149. The van der Waals surface area contributed by atoms with Crippen LogP contribution in [0.15, 0.2) is 41.0 Å². The van der Waals surface area contributed by atoms with Crippen molar-refractivity contribution in [2.24, 2.45) is 11.7 Å². The number of rotatable bonds is 6. The van der Waals surface area contributed by atoms with Gasteiger partial charge in [-0.1, -0.05) is 0 Å². The molecule has 9 heteroatoms. The van der Waals surface area contributed by atoms with Crippen molar-refractivity contribution in [2.45, 2.75) is 26.3 Å².